The molecule has 12 nitrogen and oxygen atoms in total. The molecule has 3 fully saturated rings. The number of benzene rings is 1. The van der Waals surface area contributed by atoms with E-state index < -0.39 is 14.2 Å². The molecule has 2 unspecified atom stereocenters. The van der Waals surface area contributed by atoms with E-state index in [0.717, 1.165) is 85.0 Å². The molecule has 0 spiro atoms. The summed E-state index contributed by atoms with van der Waals surface area (Å²) in [6.07, 6.45) is 6.16. The topological polar surface area (TPSA) is 144 Å². The van der Waals surface area contributed by atoms with E-state index >= 15 is 0 Å². The number of amides is 2. The third-order valence-corrected chi connectivity index (χ3v) is 12.1. The number of hydrogen-bond acceptors (Lipinski definition) is 8. The summed E-state index contributed by atoms with van der Waals surface area (Å²) in [5.41, 5.74) is 6.01. The molecule has 3 atom stereocenters. The van der Waals surface area contributed by atoms with E-state index in [2.05, 4.69) is 50.8 Å². The fraction of sp³-hybridized carbons (Fsp3) is 0.486. The summed E-state index contributed by atoms with van der Waals surface area (Å²) in [7, 11) is -1.25. The van der Waals surface area contributed by atoms with Crippen LogP contribution in [0.1, 0.15) is 47.4 Å². The Morgan fingerprint density at radius 1 is 1.12 bits per heavy atom. The third-order valence-electron chi connectivity index (χ3n) is 10.4. The number of piperidine rings is 1. The van der Waals surface area contributed by atoms with Crippen LogP contribution < -0.4 is 10.6 Å². The van der Waals surface area contributed by atoms with Crippen molar-refractivity contribution in [3.05, 3.63) is 71.9 Å². The zero-order valence-electron chi connectivity index (χ0n) is 29.2. The molecule has 13 heteroatoms. The number of carbonyl (C=O) groups excluding carboxylic acids is 1. The van der Waals surface area contributed by atoms with Crippen molar-refractivity contribution in [2.24, 2.45) is 5.92 Å². The van der Waals surface area contributed by atoms with Crippen molar-refractivity contribution >= 4 is 36.8 Å². The van der Waals surface area contributed by atoms with Crippen molar-refractivity contribution in [2.45, 2.75) is 76.1 Å². The summed E-state index contributed by atoms with van der Waals surface area (Å²) in [5, 5.41) is 15.8. The second-order valence-corrected chi connectivity index (χ2v) is 20.9. The molecule has 5 heterocycles. The van der Waals surface area contributed by atoms with Crippen LogP contribution in [0.2, 0.25) is 25.7 Å². The van der Waals surface area contributed by atoms with Crippen LogP contribution in [-0.2, 0) is 28.2 Å². The molecule has 1 aromatic carbocycles. The number of anilines is 1. The van der Waals surface area contributed by atoms with Gasteiger partial charge in [-0.2, -0.15) is 0 Å². The predicted molar refractivity (Wildman–Crippen MR) is 194 cm³/mol. The molecule has 3 N–H and O–H groups in total. The maximum atomic E-state index is 13.3. The van der Waals surface area contributed by atoms with Gasteiger partial charge in [-0.1, -0.05) is 31.8 Å². The van der Waals surface area contributed by atoms with Gasteiger partial charge in [-0.05, 0) is 85.6 Å². The van der Waals surface area contributed by atoms with Gasteiger partial charge in [0.15, 0.2) is 0 Å². The second kappa shape index (κ2) is 14.2. The molecule has 2 aliphatic heterocycles. The molecule has 2 amide bonds. The van der Waals surface area contributed by atoms with Crippen LogP contribution in [0.3, 0.4) is 0 Å². The Hall–Kier alpha value is -4.17. The van der Waals surface area contributed by atoms with Gasteiger partial charge >= 0.3 is 6.09 Å². The third kappa shape index (κ3) is 7.60. The molecule has 2 saturated heterocycles. The molecule has 1 saturated carbocycles. The highest BCUT2D eigenvalue weighted by atomic mass is 28.3. The first-order valence-corrected chi connectivity index (χ1v) is 21.4. The van der Waals surface area contributed by atoms with Gasteiger partial charge in [0.1, 0.15) is 24.4 Å². The van der Waals surface area contributed by atoms with Gasteiger partial charge in [-0.15, -0.1) is 0 Å². The molecule has 1 aliphatic carbocycles. The zero-order chi connectivity index (χ0) is 34.9. The summed E-state index contributed by atoms with van der Waals surface area (Å²) >= 11 is 0. The van der Waals surface area contributed by atoms with E-state index in [1.54, 1.807) is 18.6 Å². The molecule has 7 rings (SSSR count). The average Bonchev–Trinajstić information content (AvgIpc) is 3.73. The molecule has 4 aromatic rings. The summed E-state index contributed by atoms with van der Waals surface area (Å²) in [6, 6.07) is 14.8. The Kier molecular flexibility index (Phi) is 9.75. The minimum Gasteiger partial charge on any atom is -0.465 e. The van der Waals surface area contributed by atoms with Crippen LogP contribution in [0, 0.1) is 5.92 Å². The summed E-state index contributed by atoms with van der Waals surface area (Å²) in [6.45, 7) is 11.8. The monoisotopic (exact) mass is 697 g/mol. The Morgan fingerprint density at radius 3 is 2.74 bits per heavy atom. The van der Waals surface area contributed by atoms with Gasteiger partial charge in [-0.25, -0.2) is 14.8 Å². The molecule has 0 radical (unpaired) electrons. The molecule has 264 valence electrons. The van der Waals surface area contributed by atoms with Crippen molar-refractivity contribution in [3.63, 3.8) is 0 Å². The lowest BCUT2D eigenvalue weighted by Gasteiger charge is -2.32. The van der Waals surface area contributed by atoms with Crippen molar-refractivity contribution in [2.75, 3.05) is 38.2 Å². The molecule has 3 aliphatic rings. The molecule has 3 aromatic heterocycles. The van der Waals surface area contributed by atoms with Gasteiger partial charge in [0, 0.05) is 63.1 Å². The highest BCUT2D eigenvalue weighted by molar-refractivity contribution is 6.76. The van der Waals surface area contributed by atoms with Gasteiger partial charge in [0.05, 0.1) is 18.0 Å². The van der Waals surface area contributed by atoms with E-state index in [1.807, 2.05) is 30.3 Å². The number of carboxylic acid groups (broad SMARTS) is 1. The maximum absolute atomic E-state index is 13.3. The van der Waals surface area contributed by atoms with Crippen LogP contribution in [0.25, 0.3) is 22.3 Å². The standard InChI is InChI=1S/C37H47N7O5Si/c1-50(2,3)16-15-49-24-44-32(18-30-33(39-23-40-34(30)44)37-11-14-48-22-27(37)19-37)26-6-8-28(9-7-26)41-35(45)31-17-25(10-12-38-31)20-43-13-4-5-29(21-43)42-36(46)47/h6-10,12,17-18,23,27,29,42H,4-5,11,13-16,19-22,24H2,1-3H3,(H,41,45)(H,46,47)/t27?,29-,37?/m1/s1. The lowest BCUT2D eigenvalue weighted by atomic mass is 9.91. The second-order valence-electron chi connectivity index (χ2n) is 15.3. The fourth-order valence-corrected chi connectivity index (χ4v) is 8.28. The molecule has 0 bridgehead atoms. The number of nitrogens with one attached hydrogen (secondary N) is 2. The highest BCUT2D eigenvalue weighted by Gasteiger charge is 2.58. The van der Waals surface area contributed by atoms with E-state index in [-0.39, 0.29) is 17.4 Å². The number of nitrogens with zero attached hydrogens (tertiary/aromatic N) is 5. The lowest BCUT2D eigenvalue weighted by molar-refractivity contribution is 0.0797. The van der Waals surface area contributed by atoms with Crippen LogP contribution in [-0.4, -0.2) is 88.6 Å². The average molecular weight is 698 g/mol. The summed E-state index contributed by atoms with van der Waals surface area (Å²) in [5.74, 6) is 0.216. The van der Waals surface area contributed by atoms with E-state index in [1.165, 1.54) is 0 Å². The minimum atomic E-state index is -1.25. The molecule has 50 heavy (non-hydrogen) atoms. The number of aromatic nitrogens is 4. The first kappa shape index (κ1) is 34.3. The quantitative estimate of drug-likeness (QED) is 0.121. The lowest BCUT2D eigenvalue weighted by Crippen LogP contribution is -2.46. The summed E-state index contributed by atoms with van der Waals surface area (Å²) in [4.78, 5) is 40.6. The number of rotatable bonds is 12. The number of likely N-dealkylation sites (tertiary alicyclic amines) is 1. The Labute approximate surface area is 293 Å². The van der Waals surface area contributed by atoms with Gasteiger partial charge in [0.2, 0.25) is 0 Å². The number of pyridine rings is 1. The van der Waals surface area contributed by atoms with Crippen LogP contribution in [0.5, 0.6) is 0 Å². The SMILES string of the molecule is C[Si](C)(C)CCOCn1c(-c2ccc(NC(=O)c3cc(CN4CCC[C@@H](NC(=O)O)C4)ccn3)cc2)cc2c(C34CCOCC3C4)ncnc21. The Morgan fingerprint density at radius 2 is 1.96 bits per heavy atom. The fourth-order valence-electron chi connectivity index (χ4n) is 7.52. The Bertz CT molecular complexity index is 1860. The van der Waals surface area contributed by atoms with Crippen molar-refractivity contribution in [3.8, 4) is 11.3 Å². The number of hydrogen-bond donors (Lipinski definition) is 3. The van der Waals surface area contributed by atoms with Gasteiger partial charge in [-0.3, -0.25) is 14.7 Å². The van der Waals surface area contributed by atoms with Gasteiger partial charge < -0.3 is 29.8 Å². The minimum absolute atomic E-state index is 0.0643. The zero-order valence-corrected chi connectivity index (χ0v) is 30.2. The van der Waals surface area contributed by atoms with Crippen LogP contribution in [0.4, 0.5) is 10.5 Å². The maximum Gasteiger partial charge on any atom is 0.404 e. The number of ether oxygens (including phenoxy) is 2. The van der Waals surface area contributed by atoms with Crippen LogP contribution in [0.15, 0.2) is 55.0 Å². The normalized spacial score (nSPS) is 22.2. The van der Waals surface area contributed by atoms with E-state index in [9.17, 15) is 9.59 Å². The first-order valence-electron chi connectivity index (χ1n) is 17.7. The summed E-state index contributed by atoms with van der Waals surface area (Å²) < 4.78 is 14.2. The van der Waals surface area contributed by atoms with E-state index in [4.69, 9.17) is 24.5 Å². The Balaban J connectivity index is 1.08. The predicted octanol–water partition coefficient (Wildman–Crippen LogP) is 5.97. The number of fused-ring (bicyclic) bond motifs is 2. The van der Waals surface area contributed by atoms with Crippen molar-refractivity contribution in [1.29, 1.82) is 0 Å². The first-order chi connectivity index (χ1) is 24.1. The van der Waals surface area contributed by atoms with Crippen molar-refractivity contribution in [1.82, 2.24) is 29.7 Å². The number of carbonyl (C=O) groups is 2. The molecular weight excluding hydrogens is 651 g/mol. The largest absolute Gasteiger partial charge is 0.465 e. The van der Waals surface area contributed by atoms with E-state index in [0.29, 0.717) is 43.7 Å². The smallest absolute Gasteiger partial charge is 0.404 e. The van der Waals surface area contributed by atoms with Crippen LogP contribution >= 0.6 is 0 Å². The highest BCUT2D eigenvalue weighted by Crippen LogP contribution is 2.59. The van der Waals surface area contributed by atoms with Gasteiger partial charge in [0.25, 0.3) is 5.91 Å². The van der Waals surface area contributed by atoms with Crippen molar-refractivity contribution < 1.29 is 24.2 Å². The molecular formula is C37H47N7O5Si.